The average Bonchev–Trinajstić information content (AvgIpc) is 2.64. The number of carbonyl (C=O) groups excluding carboxylic acids is 3. The number of nitrogens with one attached hydrogen (secondary N) is 1. The van der Waals surface area contributed by atoms with E-state index in [1.165, 1.54) is 13.8 Å². The molecule has 1 aromatic rings. The number of ether oxygens (including phenoxy) is 1. The lowest BCUT2D eigenvalue weighted by Gasteiger charge is -2.12. The summed E-state index contributed by atoms with van der Waals surface area (Å²) in [6.07, 6.45) is -2.11. The van der Waals surface area contributed by atoms with Crippen LogP contribution in [0, 0.1) is 6.92 Å². The molecule has 13 nitrogen and oxygen atoms in total. The summed E-state index contributed by atoms with van der Waals surface area (Å²) in [7, 11) is 0. The number of hydrazone groups is 1. The van der Waals surface area contributed by atoms with Crippen molar-refractivity contribution in [2.45, 2.75) is 40.2 Å². The molecule has 1 atom stereocenters. The Morgan fingerprint density at radius 3 is 2.30 bits per heavy atom. The predicted molar refractivity (Wildman–Crippen MR) is 111 cm³/mol. The Kier molecular flexibility index (Phi) is 9.24. The fourth-order valence-electron chi connectivity index (χ4n) is 2.35. The van der Waals surface area contributed by atoms with E-state index in [1.807, 2.05) is 5.43 Å². The first-order valence-electron chi connectivity index (χ1n) is 9.17. The molecule has 178 valence electrons. The number of hydrogen-bond donors (Lipinski definition) is 5. The number of aryl methyl sites for hydroxylation is 1. The summed E-state index contributed by atoms with van der Waals surface area (Å²) in [5.41, 5.74) is -0.465. The number of aliphatic hydroxyl groups is 3. The largest absolute Gasteiger partial charge is 0.512 e. The molecule has 0 bridgehead atoms. The van der Waals surface area contributed by atoms with Gasteiger partial charge in [-0.05, 0) is 27.7 Å². The zero-order valence-electron chi connectivity index (χ0n) is 18.0. The van der Waals surface area contributed by atoms with Gasteiger partial charge in [-0.1, -0.05) is 0 Å². The van der Waals surface area contributed by atoms with Gasteiger partial charge >= 0.3 is 17.6 Å². The fraction of sp³-hybridized carbons (Fsp3) is 0.300. The van der Waals surface area contributed by atoms with Crippen molar-refractivity contribution in [3.8, 4) is 5.75 Å². The van der Waals surface area contributed by atoms with E-state index >= 15 is 0 Å². The summed E-state index contributed by atoms with van der Waals surface area (Å²) >= 11 is 0. The number of carboxylic acid groups (broad SMARTS) is 1. The molecule has 1 heterocycles. The molecule has 0 saturated heterocycles. The summed E-state index contributed by atoms with van der Waals surface area (Å²) < 4.78 is 10.1. The highest BCUT2D eigenvalue weighted by Gasteiger charge is 2.25. The number of amides is 1. The minimum absolute atomic E-state index is 0.0164. The summed E-state index contributed by atoms with van der Waals surface area (Å²) in [4.78, 5) is 58.4. The highest BCUT2D eigenvalue weighted by atomic mass is 16.5. The Balaban J connectivity index is 3.33. The Hall–Kier alpha value is -4.26. The summed E-state index contributed by atoms with van der Waals surface area (Å²) in [5, 5.41) is 41.1. The van der Waals surface area contributed by atoms with Crippen molar-refractivity contribution in [1.29, 1.82) is 0 Å². The quantitative estimate of drug-likeness (QED) is 0.0838. The molecule has 1 rings (SSSR count). The second-order valence-corrected chi connectivity index (χ2v) is 6.66. The van der Waals surface area contributed by atoms with E-state index in [9.17, 15) is 39.3 Å². The second kappa shape index (κ2) is 11.4. The summed E-state index contributed by atoms with van der Waals surface area (Å²) in [6, 6.07) is 1.12. The van der Waals surface area contributed by atoms with Crippen molar-refractivity contribution in [2.24, 2.45) is 5.10 Å². The van der Waals surface area contributed by atoms with Crippen molar-refractivity contribution < 1.29 is 48.8 Å². The van der Waals surface area contributed by atoms with Gasteiger partial charge in [-0.25, -0.2) is 19.8 Å². The molecule has 0 radical (unpaired) electrons. The number of ketones is 1. The van der Waals surface area contributed by atoms with Gasteiger partial charge in [-0.15, -0.1) is 0 Å². The lowest BCUT2D eigenvalue weighted by molar-refractivity contribution is -0.149. The van der Waals surface area contributed by atoms with Crippen molar-refractivity contribution in [1.82, 2.24) is 5.43 Å². The molecule has 0 aromatic carbocycles. The van der Waals surface area contributed by atoms with Crippen LogP contribution in [0.5, 0.6) is 5.75 Å². The molecule has 0 aliphatic heterocycles. The standard InChI is InChI=1S/C20H22N2O11/c1-8(23)5-12(25)17(11(4)24)20(31)33-14-6-9(2)32-19(30)16(14)10(3)21-22-15(27)7-13(26)18(28)29/h5-6,13,24-26H,7H2,1-4H3,(H,22,27)(H,28,29)/b12-5-,17-11-,21-10+. The van der Waals surface area contributed by atoms with Crippen LogP contribution in [-0.2, 0) is 19.2 Å². The third-order valence-corrected chi connectivity index (χ3v) is 3.78. The van der Waals surface area contributed by atoms with Gasteiger partial charge < -0.3 is 29.6 Å². The van der Waals surface area contributed by atoms with Gasteiger partial charge in [0.25, 0.3) is 0 Å². The van der Waals surface area contributed by atoms with Crippen molar-refractivity contribution in [2.75, 3.05) is 0 Å². The lowest BCUT2D eigenvalue weighted by atomic mass is 10.1. The first kappa shape index (κ1) is 26.8. The van der Waals surface area contributed by atoms with Crippen LogP contribution in [0.4, 0.5) is 0 Å². The SMILES string of the molecule is CC(=O)/C=C(O)/C(C(=O)Oc1cc(C)oc(=O)c1/C(C)=N/NC(=O)CC(O)C(=O)O)=C(\C)O. The number of carboxylic acids is 1. The van der Waals surface area contributed by atoms with Gasteiger partial charge in [0.05, 0.1) is 12.1 Å². The number of nitrogens with zero attached hydrogens (tertiary/aromatic N) is 1. The number of rotatable bonds is 9. The van der Waals surface area contributed by atoms with Gasteiger partial charge in [0, 0.05) is 12.1 Å². The molecule has 33 heavy (non-hydrogen) atoms. The van der Waals surface area contributed by atoms with Crippen molar-refractivity contribution in [3.63, 3.8) is 0 Å². The predicted octanol–water partition coefficient (Wildman–Crippen LogP) is 0.392. The van der Waals surface area contributed by atoms with E-state index in [0.717, 1.165) is 19.9 Å². The Labute approximate surface area is 186 Å². The third kappa shape index (κ3) is 7.74. The van der Waals surface area contributed by atoms with E-state index in [1.54, 1.807) is 0 Å². The van der Waals surface area contributed by atoms with Crippen LogP contribution in [0.1, 0.15) is 38.5 Å². The zero-order valence-corrected chi connectivity index (χ0v) is 18.0. The normalized spacial score (nSPS) is 13.6. The number of aliphatic carboxylic acids is 1. The van der Waals surface area contributed by atoms with Crippen molar-refractivity contribution in [3.05, 3.63) is 51.0 Å². The Morgan fingerprint density at radius 1 is 1.18 bits per heavy atom. The second-order valence-electron chi connectivity index (χ2n) is 6.66. The first-order chi connectivity index (χ1) is 15.2. The molecule has 1 unspecified atom stereocenters. The smallest absolute Gasteiger partial charge is 0.350 e. The summed E-state index contributed by atoms with van der Waals surface area (Å²) in [6.45, 7) is 4.75. The number of hydrogen-bond acceptors (Lipinski definition) is 11. The lowest BCUT2D eigenvalue weighted by Crippen LogP contribution is -2.29. The van der Waals surface area contributed by atoms with Crippen LogP contribution in [0.15, 0.2) is 43.5 Å². The van der Waals surface area contributed by atoms with E-state index in [2.05, 4.69) is 5.10 Å². The molecular formula is C20H22N2O11. The molecule has 1 amide bonds. The highest BCUT2D eigenvalue weighted by molar-refractivity contribution is 6.03. The van der Waals surface area contributed by atoms with Gasteiger partial charge in [0.15, 0.2) is 17.6 Å². The van der Waals surface area contributed by atoms with Gasteiger partial charge in [-0.3, -0.25) is 9.59 Å². The number of aliphatic hydroxyl groups excluding tert-OH is 3. The molecule has 0 fully saturated rings. The molecule has 0 aliphatic carbocycles. The maximum atomic E-state index is 12.5. The molecule has 0 spiro atoms. The number of esters is 1. The maximum absolute atomic E-state index is 12.5. The van der Waals surface area contributed by atoms with E-state index in [0.29, 0.717) is 6.08 Å². The van der Waals surface area contributed by atoms with Crippen molar-refractivity contribution >= 4 is 29.3 Å². The van der Waals surface area contributed by atoms with Crippen LogP contribution < -0.4 is 15.8 Å². The van der Waals surface area contributed by atoms with Crippen LogP contribution >= 0.6 is 0 Å². The van der Waals surface area contributed by atoms with E-state index in [4.69, 9.17) is 14.3 Å². The maximum Gasteiger partial charge on any atom is 0.350 e. The van der Waals surface area contributed by atoms with Gasteiger partial charge in [-0.2, -0.15) is 5.10 Å². The average molecular weight is 466 g/mol. The van der Waals surface area contributed by atoms with E-state index in [-0.39, 0.29) is 11.5 Å². The van der Waals surface area contributed by atoms with Crippen LogP contribution in [0.25, 0.3) is 0 Å². The van der Waals surface area contributed by atoms with Crippen LogP contribution in [0.3, 0.4) is 0 Å². The Morgan fingerprint density at radius 2 is 1.79 bits per heavy atom. The first-order valence-corrected chi connectivity index (χ1v) is 9.17. The molecule has 0 aliphatic rings. The molecule has 1 aromatic heterocycles. The minimum Gasteiger partial charge on any atom is -0.512 e. The number of carbonyl (C=O) groups is 4. The van der Waals surface area contributed by atoms with Gasteiger partial charge in [0.1, 0.15) is 28.4 Å². The highest BCUT2D eigenvalue weighted by Crippen LogP contribution is 2.21. The minimum atomic E-state index is -1.97. The monoisotopic (exact) mass is 466 g/mol. The molecule has 13 heteroatoms. The molecular weight excluding hydrogens is 444 g/mol. The van der Waals surface area contributed by atoms with Crippen LogP contribution in [-0.4, -0.2) is 55.9 Å². The number of allylic oxidation sites excluding steroid dienone is 2. The van der Waals surface area contributed by atoms with Crippen LogP contribution in [0.2, 0.25) is 0 Å². The zero-order chi connectivity index (χ0) is 25.5. The fourth-order valence-corrected chi connectivity index (χ4v) is 2.35. The van der Waals surface area contributed by atoms with Gasteiger partial charge in [0.2, 0.25) is 5.91 Å². The molecule has 0 saturated carbocycles. The molecule has 5 N–H and O–H groups in total. The topological polar surface area (TPSA) is 213 Å². The third-order valence-electron chi connectivity index (χ3n) is 3.78. The Bertz CT molecular complexity index is 1120. The van der Waals surface area contributed by atoms with E-state index < -0.39 is 70.2 Å². The summed E-state index contributed by atoms with van der Waals surface area (Å²) in [5.74, 6) is -6.49.